The fraction of sp³-hybridized carbons (Fsp3) is 0.258. The lowest BCUT2D eigenvalue weighted by Crippen LogP contribution is -2.45. The number of methoxy groups -OCH3 is 1. The second-order valence-electron chi connectivity index (χ2n) is 9.61. The number of carbonyl (C=O) groups excluding carboxylic acids is 2. The monoisotopic (exact) mass is 704 g/mol. The molecule has 0 aliphatic carbocycles. The zero-order valence-corrected chi connectivity index (χ0v) is 26.9. The Kier molecular flexibility index (Phi) is 11.6. The Balaban J connectivity index is 1.37. The van der Waals surface area contributed by atoms with E-state index in [2.05, 4.69) is 37.1 Å². The molecule has 2 atom stereocenters. The number of allylic oxidation sites excluding steroid dienone is 1. The molecule has 1 heterocycles. The number of amides is 2. The van der Waals surface area contributed by atoms with Gasteiger partial charge in [0, 0.05) is 11.3 Å². The van der Waals surface area contributed by atoms with Crippen molar-refractivity contribution < 1.29 is 38.0 Å². The zero-order chi connectivity index (χ0) is 32.5. The Morgan fingerprint density at radius 2 is 1.96 bits per heavy atom. The number of ether oxygens (including phenoxy) is 4. The topological polar surface area (TPSA) is 140 Å². The molecule has 14 heteroatoms. The summed E-state index contributed by atoms with van der Waals surface area (Å²) in [6.07, 6.45) is 0.251. The number of hydrazone groups is 1. The number of aliphatic hydroxyl groups is 1. The third-order valence-electron chi connectivity index (χ3n) is 6.46. The molecule has 0 fully saturated rings. The quantitative estimate of drug-likeness (QED) is 0.0809. The van der Waals surface area contributed by atoms with Gasteiger partial charge >= 0.3 is 12.0 Å². The largest absolute Gasteiger partial charge is 0.490 e. The second kappa shape index (κ2) is 15.6. The predicted molar refractivity (Wildman–Crippen MR) is 169 cm³/mol. The van der Waals surface area contributed by atoms with Gasteiger partial charge in [-0.05, 0) is 71.2 Å². The van der Waals surface area contributed by atoms with Gasteiger partial charge in [0.05, 0.1) is 41.0 Å². The average Bonchev–Trinajstić information content (AvgIpc) is 3.00. The lowest BCUT2D eigenvalue weighted by atomic mass is 9.95. The minimum atomic E-state index is -1.20. The number of nitrogens with one attached hydrogen (secondary N) is 3. The van der Waals surface area contributed by atoms with Gasteiger partial charge in [-0.15, -0.1) is 0 Å². The fourth-order valence-corrected chi connectivity index (χ4v) is 5.37. The molecule has 0 radical (unpaired) electrons. The summed E-state index contributed by atoms with van der Waals surface area (Å²) in [5, 5.41) is 20.1. The Bertz CT molecular complexity index is 1600. The van der Waals surface area contributed by atoms with Crippen molar-refractivity contribution in [1.29, 1.82) is 0 Å². The number of hydrogen-bond acceptors (Lipinski definition) is 9. The summed E-state index contributed by atoms with van der Waals surface area (Å²) in [5.74, 6) is 0.0634. The van der Waals surface area contributed by atoms with Gasteiger partial charge in [-0.2, -0.15) is 5.10 Å². The van der Waals surface area contributed by atoms with Crippen LogP contribution in [0.25, 0.3) is 0 Å². The Labute approximate surface area is 272 Å². The van der Waals surface area contributed by atoms with E-state index < -0.39 is 24.3 Å². The molecule has 2 amide bonds. The van der Waals surface area contributed by atoms with Crippen molar-refractivity contribution in [2.75, 3.05) is 20.3 Å². The molecule has 0 saturated carbocycles. The molecule has 1 aliphatic rings. The smallest absolute Gasteiger partial charge is 0.337 e. The molecule has 238 valence electrons. The van der Waals surface area contributed by atoms with E-state index in [4.69, 9.17) is 30.5 Å². The first-order chi connectivity index (χ1) is 21.6. The van der Waals surface area contributed by atoms with Crippen molar-refractivity contribution in [2.24, 2.45) is 5.10 Å². The van der Waals surface area contributed by atoms with Crippen molar-refractivity contribution in [2.45, 2.75) is 32.7 Å². The van der Waals surface area contributed by atoms with Crippen LogP contribution < -0.4 is 30.3 Å². The molecule has 1 aliphatic heterocycles. The summed E-state index contributed by atoms with van der Waals surface area (Å²) in [7, 11) is 1.26. The van der Waals surface area contributed by atoms with E-state index in [9.17, 15) is 19.1 Å². The molecule has 0 saturated heterocycles. The van der Waals surface area contributed by atoms with E-state index in [1.807, 2.05) is 0 Å². The maximum absolute atomic E-state index is 13.9. The van der Waals surface area contributed by atoms with Crippen LogP contribution in [0.2, 0.25) is 5.02 Å². The first-order valence-corrected chi connectivity index (χ1v) is 14.9. The zero-order valence-electron chi connectivity index (χ0n) is 24.5. The van der Waals surface area contributed by atoms with Crippen LogP contribution in [0.1, 0.15) is 36.6 Å². The number of benzene rings is 3. The third-order valence-corrected chi connectivity index (χ3v) is 7.33. The Morgan fingerprint density at radius 3 is 2.67 bits per heavy atom. The maximum Gasteiger partial charge on any atom is 0.337 e. The minimum absolute atomic E-state index is 0.000211. The Morgan fingerprint density at radius 1 is 1.18 bits per heavy atom. The van der Waals surface area contributed by atoms with E-state index >= 15 is 0 Å². The fourth-order valence-electron chi connectivity index (χ4n) is 4.38. The summed E-state index contributed by atoms with van der Waals surface area (Å²) in [6.45, 7) is 3.53. The average molecular weight is 706 g/mol. The van der Waals surface area contributed by atoms with Gasteiger partial charge in [0.15, 0.2) is 23.5 Å². The number of carbonyl (C=O) groups is 2. The summed E-state index contributed by atoms with van der Waals surface area (Å²) in [6, 6.07) is 13.3. The molecular formula is C31H31BrClFN4O7. The van der Waals surface area contributed by atoms with Crippen molar-refractivity contribution in [3.8, 4) is 17.2 Å². The van der Waals surface area contributed by atoms with E-state index in [-0.39, 0.29) is 29.6 Å². The molecule has 45 heavy (non-hydrogen) atoms. The first kappa shape index (κ1) is 33.6. The van der Waals surface area contributed by atoms with E-state index in [1.165, 1.54) is 19.4 Å². The molecule has 0 unspecified atom stereocenters. The molecule has 4 N–H and O–H groups in total. The molecular weight excluding hydrogens is 675 g/mol. The van der Waals surface area contributed by atoms with Crippen LogP contribution in [-0.4, -0.2) is 49.9 Å². The van der Waals surface area contributed by atoms with Gasteiger partial charge in [0.1, 0.15) is 19.0 Å². The second-order valence-corrected chi connectivity index (χ2v) is 10.9. The minimum Gasteiger partial charge on any atom is -0.490 e. The van der Waals surface area contributed by atoms with E-state index in [1.54, 1.807) is 62.4 Å². The van der Waals surface area contributed by atoms with Crippen LogP contribution in [0.15, 0.2) is 75.4 Å². The van der Waals surface area contributed by atoms with Crippen LogP contribution in [0.4, 0.5) is 9.18 Å². The highest BCUT2D eigenvalue weighted by Gasteiger charge is 2.32. The summed E-state index contributed by atoms with van der Waals surface area (Å²) >= 11 is 9.80. The van der Waals surface area contributed by atoms with Gasteiger partial charge in [-0.3, -0.25) is 5.43 Å². The molecule has 0 spiro atoms. The molecule has 3 aromatic carbocycles. The van der Waals surface area contributed by atoms with Crippen molar-refractivity contribution in [3.05, 3.63) is 97.9 Å². The SMILES string of the molecule is CCOc1cc([C@H]2NC(=O)NC(C)=C2C(=O)OC)ccc1OC[C@@H](O)N/N=C\c1cc(Cl)c(OCc2ccccc2F)c(Br)c1. The summed E-state index contributed by atoms with van der Waals surface area (Å²) in [4.78, 5) is 24.6. The van der Waals surface area contributed by atoms with Gasteiger partial charge in [0.25, 0.3) is 0 Å². The number of halogens is 3. The van der Waals surface area contributed by atoms with Crippen molar-refractivity contribution in [1.82, 2.24) is 16.1 Å². The number of hydrogen-bond donors (Lipinski definition) is 4. The van der Waals surface area contributed by atoms with Crippen LogP contribution in [0.5, 0.6) is 17.2 Å². The van der Waals surface area contributed by atoms with Crippen molar-refractivity contribution in [3.63, 3.8) is 0 Å². The van der Waals surface area contributed by atoms with Crippen LogP contribution in [0, 0.1) is 5.82 Å². The molecule has 11 nitrogen and oxygen atoms in total. The standard InChI is InChI=1S/C31H31BrClFN4O7/c1-4-43-25-13-19(28-27(30(40)42-3)17(2)36-31(41)37-28)9-10-24(25)44-16-26(39)38-35-14-18-11-21(32)29(22(33)12-18)45-15-20-7-5-6-8-23(20)34/h5-14,26,28,38-39H,4,15-16H2,1-3H3,(H2,36,37,41)/b35-14-/t26-,28-/m1/s1. The first-order valence-electron chi connectivity index (χ1n) is 13.7. The number of urea groups is 1. The number of aliphatic hydroxyl groups excluding tert-OH is 1. The molecule has 0 aromatic heterocycles. The lowest BCUT2D eigenvalue weighted by Gasteiger charge is -2.28. The number of nitrogens with zero attached hydrogens (tertiary/aromatic N) is 1. The maximum atomic E-state index is 13.9. The van der Waals surface area contributed by atoms with Crippen molar-refractivity contribution >= 4 is 45.7 Å². The molecule has 0 bridgehead atoms. The van der Waals surface area contributed by atoms with Gasteiger partial charge in [0.2, 0.25) is 0 Å². The van der Waals surface area contributed by atoms with Crippen LogP contribution in [0.3, 0.4) is 0 Å². The molecule has 4 rings (SSSR count). The number of esters is 1. The van der Waals surface area contributed by atoms with Gasteiger partial charge in [-0.25, -0.2) is 14.0 Å². The normalized spacial score (nSPS) is 15.3. The number of rotatable bonds is 13. The van der Waals surface area contributed by atoms with E-state index in [0.717, 1.165) is 0 Å². The summed E-state index contributed by atoms with van der Waals surface area (Å²) in [5.41, 5.74) is 4.76. The third kappa shape index (κ3) is 8.65. The summed E-state index contributed by atoms with van der Waals surface area (Å²) < 4.78 is 36.6. The highest BCUT2D eigenvalue weighted by molar-refractivity contribution is 9.10. The van der Waals surface area contributed by atoms with E-state index in [0.29, 0.717) is 50.7 Å². The highest BCUT2D eigenvalue weighted by atomic mass is 79.9. The Hall–Kier alpha value is -4.33. The molecule has 3 aromatic rings. The predicted octanol–water partition coefficient (Wildman–Crippen LogP) is 5.34. The van der Waals surface area contributed by atoms with Crippen LogP contribution >= 0.6 is 27.5 Å². The highest BCUT2D eigenvalue weighted by Crippen LogP contribution is 2.36. The van der Waals surface area contributed by atoms with Gasteiger partial charge in [-0.1, -0.05) is 35.9 Å². The lowest BCUT2D eigenvalue weighted by molar-refractivity contribution is -0.136. The van der Waals surface area contributed by atoms with Crippen LogP contribution in [-0.2, 0) is 16.1 Å². The van der Waals surface area contributed by atoms with Gasteiger partial charge < -0.3 is 34.7 Å².